The Hall–Kier alpha value is -2.76. The number of ketones is 1. The number of anilines is 1. The van der Waals surface area contributed by atoms with Gasteiger partial charge in [-0.05, 0) is 31.0 Å². The Labute approximate surface area is 183 Å². The minimum atomic E-state index is -4.96. The largest absolute Gasteiger partial charge is 0.455 e. The summed E-state index contributed by atoms with van der Waals surface area (Å²) >= 11 is 5.78. The first-order valence-corrected chi connectivity index (χ1v) is 9.52. The molecule has 0 aromatic heterocycles. The minimum Gasteiger partial charge on any atom is -0.455 e. The molecule has 1 N–H and O–H groups in total. The van der Waals surface area contributed by atoms with Crippen molar-refractivity contribution < 1.29 is 45.5 Å². The number of rotatable bonds is 6. The van der Waals surface area contributed by atoms with Crippen LogP contribution in [0.2, 0.25) is 5.02 Å². The van der Waals surface area contributed by atoms with Crippen LogP contribution in [0.15, 0.2) is 30.5 Å². The number of nitrogens with zero attached hydrogens (tertiary/aromatic N) is 1. The molecule has 32 heavy (non-hydrogen) atoms. The van der Waals surface area contributed by atoms with Crippen molar-refractivity contribution in [2.75, 3.05) is 25.0 Å². The van der Waals surface area contributed by atoms with Crippen molar-refractivity contribution in [3.8, 4) is 0 Å². The Morgan fingerprint density at radius 1 is 1.12 bits per heavy atom. The Morgan fingerprint density at radius 2 is 1.75 bits per heavy atom. The van der Waals surface area contributed by atoms with Crippen molar-refractivity contribution >= 4 is 34.9 Å². The van der Waals surface area contributed by atoms with Crippen molar-refractivity contribution in [1.29, 1.82) is 0 Å². The maximum absolute atomic E-state index is 12.8. The van der Waals surface area contributed by atoms with Crippen molar-refractivity contribution in [3.63, 3.8) is 0 Å². The van der Waals surface area contributed by atoms with Crippen LogP contribution < -0.4 is 5.32 Å². The molecule has 1 aliphatic rings. The van der Waals surface area contributed by atoms with Gasteiger partial charge in [0, 0.05) is 25.4 Å². The molecule has 0 aliphatic carbocycles. The van der Waals surface area contributed by atoms with E-state index in [1.165, 1.54) is 4.90 Å². The number of carbonyl (C=O) groups is 3. The fourth-order valence-corrected chi connectivity index (χ4v) is 2.95. The van der Waals surface area contributed by atoms with Crippen LogP contribution in [0.1, 0.15) is 18.4 Å². The average molecular weight is 487 g/mol. The molecule has 0 bridgehead atoms. The number of alkyl halides is 6. The summed E-state index contributed by atoms with van der Waals surface area (Å²) in [4.78, 5) is 36.3. The molecule has 0 atom stereocenters. The molecule has 1 heterocycles. The highest BCUT2D eigenvalue weighted by molar-refractivity contribution is 6.33. The highest BCUT2D eigenvalue weighted by Crippen LogP contribution is 2.33. The van der Waals surface area contributed by atoms with Crippen LogP contribution in [0, 0.1) is 5.92 Å². The summed E-state index contributed by atoms with van der Waals surface area (Å²) in [5.41, 5.74) is -1.32. The predicted octanol–water partition coefficient (Wildman–Crippen LogP) is 4.20. The lowest BCUT2D eigenvalue weighted by Crippen LogP contribution is -2.35. The van der Waals surface area contributed by atoms with E-state index in [-0.39, 0.29) is 36.6 Å². The molecule has 1 aromatic rings. The van der Waals surface area contributed by atoms with Gasteiger partial charge in [0.2, 0.25) is 0 Å². The summed E-state index contributed by atoms with van der Waals surface area (Å²) in [6.45, 7) is -0.382. The Kier molecular flexibility index (Phi) is 8.16. The van der Waals surface area contributed by atoms with Gasteiger partial charge in [-0.15, -0.1) is 0 Å². The Bertz CT molecular complexity index is 893. The van der Waals surface area contributed by atoms with E-state index >= 15 is 0 Å². The highest BCUT2D eigenvalue weighted by Gasteiger charge is 2.36. The summed E-state index contributed by atoms with van der Waals surface area (Å²) in [6, 6.07) is 2.37. The zero-order valence-corrected chi connectivity index (χ0v) is 17.0. The van der Waals surface area contributed by atoms with Gasteiger partial charge in [-0.3, -0.25) is 14.4 Å². The number of benzene rings is 1. The number of piperidine rings is 1. The van der Waals surface area contributed by atoms with E-state index in [0.717, 1.165) is 18.3 Å². The number of allylic oxidation sites excluding steroid dienone is 1. The van der Waals surface area contributed by atoms with Crippen LogP contribution >= 0.6 is 11.6 Å². The van der Waals surface area contributed by atoms with Gasteiger partial charge in [-0.2, -0.15) is 26.3 Å². The molecule has 0 unspecified atom stereocenters. The van der Waals surface area contributed by atoms with Crippen LogP contribution in [0.4, 0.5) is 32.0 Å². The van der Waals surface area contributed by atoms with Gasteiger partial charge in [0.25, 0.3) is 11.7 Å². The van der Waals surface area contributed by atoms with Gasteiger partial charge < -0.3 is 15.0 Å². The maximum Gasteiger partial charge on any atom is 0.454 e. The van der Waals surface area contributed by atoms with E-state index in [1.54, 1.807) is 0 Å². The van der Waals surface area contributed by atoms with Gasteiger partial charge in [0.15, 0.2) is 6.61 Å². The SMILES string of the molecule is O=C(COC(=O)C1CCN(C=CC(=O)C(F)(F)F)CC1)Nc1cc(C(F)(F)F)ccc1Cl. The number of hydrogen-bond donors (Lipinski definition) is 1. The summed E-state index contributed by atoms with van der Waals surface area (Å²) in [5, 5.41) is 2.00. The third kappa shape index (κ3) is 7.43. The van der Waals surface area contributed by atoms with Crippen molar-refractivity contribution in [3.05, 3.63) is 41.1 Å². The lowest BCUT2D eigenvalue weighted by molar-refractivity contribution is -0.165. The third-order valence-electron chi connectivity index (χ3n) is 4.49. The number of esters is 1. The zero-order valence-electron chi connectivity index (χ0n) is 16.2. The second kappa shape index (κ2) is 10.2. The molecule has 1 amide bonds. The highest BCUT2D eigenvalue weighted by atomic mass is 35.5. The summed E-state index contributed by atoms with van der Waals surface area (Å²) < 4.78 is 79.7. The predicted molar refractivity (Wildman–Crippen MR) is 101 cm³/mol. The van der Waals surface area contributed by atoms with Gasteiger partial charge in [-0.1, -0.05) is 11.6 Å². The van der Waals surface area contributed by atoms with Crippen molar-refractivity contribution in [2.24, 2.45) is 5.92 Å². The van der Waals surface area contributed by atoms with E-state index in [1.807, 2.05) is 0 Å². The van der Waals surface area contributed by atoms with Crippen LogP contribution in [-0.4, -0.2) is 48.4 Å². The van der Waals surface area contributed by atoms with Crippen LogP contribution in [0.3, 0.4) is 0 Å². The van der Waals surface area contributed by atoms with E-state index in [9.17, 15) is 40.7 Å². The topological polar surface area (TPSA) is 75.7 Å². The molecule has 1 saturated heterocycles. The smallest absolute Gasteiger partial charge is 0.454 e. The van der Waals surface area contributed by atoms with E-state index in [0.29, 0.717) is 12.1 Å². The maximum atomic E-state index is 12.8. The van der Waals surface area contributed by atoms with E-state index in [2.05, 4.69) is 5.32 Å². The number of hydrogen-bond acceptors (Lipinski definition) is 5. The lowest BCUT2D eigenvalue weighted by Gasteiger charge is -2.29. The first kappa shape index (κ1) is 25.5. The molecule has 0 radical (unpaired) electrons. The first-order chi connectivity index (χ1) is 14.8. The summed E-state index contributed by atoms with van der Waals surface area (Å²) in [6.07, 6.45) is -7.77. The molecule has 1 fully saturated rings. The monoisotopic (exact) mass is 486 g/mol. The van der Waals surface area contributed by atoms with Gasteiger partial charge in [-0.25, -0.2) is 0 Å². The molecular weight excluding hydrogens is 470 g/mol. The lowest BCUT2D eigenvalue weighted by atomic mass is 9.97. The summed E-state index contributed by atoms with van der Waals surface area (Å²) in [7, 11) is 0. The molecule has 0 spiro atoms. The number of halogens is 7. The number of ether oxygens (including phenoxy) is 1. The molecule has 1 aromatic carbocycles. The van der Waals surface area contributed by atoms with Crippen LogP contribution in [-0.2, 0) is 25.3 Å². The Balaban J connectivity index is 1.81. The minimum absolute atomic E-state index is 0.137. The molecule has 1 aliphatic heterocycles. The molecule has 0 saturated carbocycles. The average Bonchev–Trinajstić information content (AvgIpc) is 2.70. The normalized spacial score (nSPS) is 15.7. The molecule has 13 heteroatoms. The number of nitrogens with one attached hydrogen (secondary N) is 1. The summed E-state index contributed by atoms with van der Waals surface area (Å²) in [5.74, 6) is -4.25. The quantitative estimate of drug-likeness (QED) is 0.371. The molecular formula is C19H17ClF6N2O4. The number of carbonyl (C=O) groups excluding carboxylic acids is 3. The molecule has 2 rings (SSSR count). The number of likely N-dealkylation sites (tertiary alicyclic amines) is 1. The van der Waals surface area contributed by atoms with Crippen LogP contribution in [0.5, 0.6) is 0 Å². The molecule has 176 valence electrons. The fourth-order valence-electron chi connectivity index (χ4n) is 2.79. The number of amides is 1. The second-order valence-electron chi connectivity index (χ2n) is 6.84. The van der Waals surface area contributed by atoms with Gasteiger partial charge in [0.05, 0.1) is 22.2 Å². The molecule has 6 nitrogen and oxygen atoms in total. The van der Waals surface area contributed by atoms with Gasteiger partial charge in [0.1, 0.15) is 0 Å². The Morgan fingerprint density at radius 3 is 2.31 bits per heavy atom. The third-order valence-corrected chi connectivity index (χ3v) is 4.82. The second-order valence-corrected chi connectivity index (χ2v) is 7.24. The standard InChI is InChI=1S/C19H17ClF6N2O4/c20-13-2-1-12(18(21,22)23)9-14(13)27-16(30)10-32-17(31)11-3-6-28(7-4-11)8-5-15(29)19(24,25)26/h1-2,5,8-9,11H,3-4,6-7,10H2,(H,27,30). The van der Waals surface area contributed by atoms with E-state index < -0.39 is 48.1 Å². The fraction of sp³-hybridized carbons (Fsp3) is 0.421. The van der Waals surface area contributed by atoms with Crippen molar-refractivity contribution in [1.82, 2.24) is 4.90 Å². The van der Waals surface area contributed by atoms with Crippen molar-refractivity contribution in [2.45, 2.75) is 25.2 Å². The van der Waals surface area contributed by atoms with E-state index in [4.69, 9.17) is 16.3 Å². The van der Waals surface area contributed by atoms with Gasteiger partial charge >= 0.3 is 18.3 Å². The van der Waals surface area contributed by atoms with Crippen LogP contribution in [0.25, 0.3) is 0 Å². The first-order valence-electron chi connectivity index (χ1n) is 9.14. The zero-order chi connectivity index (χ0) is 24.1.